The van der Waals surface area contributed by atoms with Crippen LogP contribution in [0.1, 0.15) is 32.1 Å². The third kappa shape index (κ3) is 2.81. The Hall–Kier alpha value is -1.21. The Morgan fingerprint density at radius 3 is 2.58 bits per heavy atom. The minimum absolute atomic E-state index is 0.0473. The van der Waals surface area contributed by atoms with Crippen molar-refractivity contribution in [3.63, 3.8) is 0 Å². The molecule has 0 amide bonds. The molecule has 1 aromatic heterocycles. The van der Waals surface area contributed by atoms with Crippen LogP contribution in [-0.4, -0.2) is 60.0 Å². The average Bonchev–Trinajstić information content (AvgIpc) is 3.13. The van der Waals surface area contributed by atoms with Gasteiger partial charge in [-0.3, -0.25) is 4.90 Å². The molecule has 1 spiro atoms. The van der Waals surface area contributed by atoms with E-state index in [1.54, 1.807) is 18.5 Å². The van der Waals surface area contributed by atoms with Crippen molar-refractivity contribution in [3.05, 3.63) is 18.5 Å². The fraction of sp³-hybridized carbons (Fsp3) is 0.765. The Balaban J connectivity index is 1.39. The molecule has 3 aliphatic rings. The fourth-order valence-corrected chi connectivity index (χ4v) is 7.09. The van der Waals surface area contributed by atoms with Crippen molar-refractivity contribution in [1.29, 1.82) is 0 Å². The van der Waals surface area contributed by atoms with E-state index in [1.165, 1.54) is 25.7 Å². The van der Waals surface area contributed by atoms with Crippen LogP contribution >= 0.6 is 0 Å². The van der Waals surface area contributed by atoms with Crippen LogP contribution in [-0.2, 0) is 9.84 Å². The lowest BCUT2D eigenvalue weighted by Gasteiger charge is -2.50. The minimum atomic E-state index is -3.03. The maximum absolute atomic E-state index is 12.7. The molecule has 2 aliphatic heterocycles. The molecule has 24 heavy (non-hydrogen) atoms. The van der Waals surface area contributed by atoms with Crippen LogP contribution in [0.25, 0.3) is 0 Å². The number of aromatic nitrogens is 2. The lowest BCUT2D eigenvalue weighted by molar-refractivity contribution is 0.0514. The Morgan fingerprint density at radius 2 is 1.88 bits per heavy atom. The van der Waals surface area contributed by atoms with Crippen molar-refractivity contribution in [2.45, 2.75) is 36.9 Å². The Kier molecular flexibility index (Phi) is 4.24. The molecule has 6 nitrogen and oxygen atoms in total. The number of hydrogen-bond acceptors (Lipinski definition) is 6. The molecule has 7 heteroatoms. The molecule has 2 saturated heterocycles. The first kappa shape index (κ1) is 16.3. The van der Waals surface area contributed by atoms with Gasteiger partial charge < -0.3 is 4.74 Å². The second-order valence-electron chi connectivity index (χ2n) is 7.53. The number of rotatable bonds is 5. The van der Waals surface area contributed by atoms with E-state index in [2.05, 4.69) is 14.9 Å². The van der Waals surface area contributed by atoms with Gasteiger partial charge in [-0.05, 0) is 31.2 Å². The summed E-state index contributed by atoms with van der Waals surface area (Å²) >= 11 is 0. The summed E-state index contributed by atoms with van der Waals surface area (Å²) in [5, 5.41) is 0. The highest BCUT2D eigenvalue weighted by atomic mass is 32.2. The van der Waals surface area contributed by atoms with E-state index in [1.807, 2.05) is 0 Å². The van der Waals surface area contributed by atoms with Crippen LogP contribution in [0.15, 0.2) is 18.5 Å². The molecule has 0 bridgehead atoms. The van der Waals surface area contributed by atoms with Crippen molar-refractivity contribution >= 4 is 9.84 Å². The zero-order valence-electron chi connectivity index (χ0n) is 13.9. The van der Waals surface area contributed by atoms with Gasteiger partial charge in [0.1, 0.15) is 4.75 Å². The van der Waals surface area contributed by atoms with Crippen molar-refractivity contribution in [2.24, 2.45) is 11.8 Å². The summed E-state index contributed by atoms with van der Waals surface area (Å²) in [6.07, 6.45) is 9.21. The summed E-state index contributed by atoms with van der Waals surface area (Å²) in [6, 6.07) is 2.07. The quantitative estimate of drug-likeness (QED) is 0.801. The molecule has 1 atom stereocenters. The van der Waals surface area contributed by atoms with Gasteiger partial charge in [-0.15, -0.1) is 0 Å². The first-order valence-corrected chi connectivity index (χ1v) is 10.6. The molecule has 1 aliphatic carbocycles. The zero-order chi connectivity index (χ0) is 16.6. The second kappa shape index (κ2) is 6.26. The highest BCUT2D eigenvalue weighted by molar-refractivity contribution is 7.93. The molecular weight excluding hydrogens is 326 g/mol. The highest BCUT2D eigenvalue weighted by Crippen LogP contribution is 2.45. The lowest BCUT2D eigenvalue weighted by atomic mass is 9.83. The van der Waals surface area contributed by atoms with E-state index < -0.39 is 14.6 Å². The normalized spacial score (nSPS) is 28.9. The third-order valence-electron chi connectivity index (χ3n) is 6.03. The largest absolute Gasteiger partial charge is 0.463 e. The number of hydrogen-bond donors (Lipinski definition) is 0. The first-order chi connectivity index (χ1) is 11.6. The smallest absolute Gasteiger partial charge is 0.316 e. The van der Waals surface area contributed by atoms with Crippen LogP contribution in [0, 0.1) is 11.8 Å². The molecule has 3 fully saturated rings. The number of nitrogens with zero attached hydrogens (tertiary/aromatic N) is 3. The average molecular weight is 351 g/mol. The van der Waals surface area contributed by atoms with Crippen molar-refractivity contribution < 1.29 is 13.2 Å². The summed E-state index contributed by atoms with van der Waals surface area (Å²) in [4.78, 5) is 10.5. The zero-order valence-corrected chi connectivity index (χ0v) is 14.7. The summed E-state index contributed by atoms with van der Waals surface area (Å²) in [6.45, 7) is 2.80. The second-order valence-corrected chi connectivity index (χ2v) is 9.98. The number of likely N-dealkylation sites (tertiary alicyclic amines) is 1. The van der Waals surface area contributed by atoms with Crippen LogP contribution < -0.4 is 4.74 Å². The molecule has 4 rings (SSSR count). The van der Waals surface area contributed by atoms with Gasteiger partial charge in [0, 0.05) is 37.9 Å². The van der Waals surface area contributed by atoms with Gasteiger partial charge in [0.05, 0.1) is 12.4 Å². The van der Waals surface area contributed by atoms with Gasteiger partial charge in [-0.2, -0.15) is 0 Å². The minimum Gasteiger partial charge on any atom is -0.463 e. The number of ether oxygens (including phenoxy) is 1. The maximum Gasteiger partial charge on any atom is 0.316 e. The monoisotopic (exact) mass is 351 g/mol. The molecule has 0 unspecified atom stereocenters. The molecule has 132 valence electrons. The van der Waals surface area contributed by atoms with Crippen molar-refractivity contribution in [1.82, 2.24) is 14.9 Å². The van der Waals surface area contributed by atoms with E-state index >= 15 is 0 Å². The predicted octanol–water partition coefficient (Wildman–Crippen LogP) is 1.53. The van der Waals surface area contributed by atoms with E-state index in [4.69, 9.17) is 4.74 Å². The maximum atomic E-state index is 12.7. The standard InChI is InChI=1S/C17H25N3O3S/c21-24(22)9-6-15(11-23-16-18-7-3-8-19-16)17(24)12-20(13-17)10-14-4-1-2-5-14/h3,7-8,14-15H,1-2,4-6,9-13H2/t15-/m0/s1. The number of sulfone groups is 1. The molecule has 1 saturated carbocycles. The summed E-state index contributed by atoms with van der Waals surface area (Å²) in [7, 11) is -3.03. The summed E-state index contributed by atoms with van der Waals surface area (Å²) < 4.78 is 30.4. The van der Waals surface area contributed by atoms with E-state index in [0.29, 0.717) is 32.1 Å². The Morgan fingerprint density at radius 1 is 1.17 bits per heavy atom. The fourth-order valence-electron chi connectivity index (χ4n) is 4.64. The lowest BCUT2D eigenvalue weighted by Crippen LogP contribution is -2.68. The molecule has 1 aromatic rings. The molecular formula is C17H25N3O3S. The summed E-state index contributed by atoms with van der Waals surface area (Å²) in [5.74, 6) is 1.10. The van der Waals surface area contributed by atoms with E-state index in [0.717, 1.165) is 12.5 Å². The molecule has 3 heterocycles. The molecule has 0 radical (unpaired) electrons. The van der Waals surface area contributed by atoms with Gasteiger partial charge in [0.2, 0.25) is 0 Å². The summed E-state index contributed by atoms with van der Waals surface area (Å²) in [5.41, 5.74) is 0. The van der Waals surface area contributed by atoms with E-state index in [9.17, 15) is 8.42 Å². The van der Waals surface area contributed by atoms with Crippen molar-refractivity contribution in [3.8, 4) is 6.01 Å². The predicted molar refractivity (Wildman–Crippen MR) is 90.5 cm³/mol. The van der Waals surface area contributed by atoms with Crippen LogP contribution in [0.2, 0.25) is 0 Å². The Labute approximate surface area is 143 Å². The van der Waals surface area contributed by atoms with Crippen LogP contribution in [0.3, 0.4) is 0 Å². The first-order valence-electron chi connectivity index (χ1n) is 8.93. The van der Waals surface area contributed by atoms with Gasteiger partial charge in [-0.25, -0.2) is 18.4 Å². The Bertz CT molecular complexity index is 668. The van der Waals surface area contributed by atoms with Gasteiger partial charge in [0.15, 0.2) is 9.84 Å². The van der Waals surface area contributed by atoms with Gasteiger partial charge in [0.25, 0.3) is 0 Å². The van der Waals surface area contributed by atoms with Crippen molar-refractivity contribution in [2.75, 3.05) is 32.0 Å². The topological polar surface area (TPSA) is 72.4 Å². The SMILES string of the molecule is O=S1(=O)CC[C@@H](COc2ncccn2)C12CN(CC1CCCC1)C2. The third-order valence-corrected chi connectivity index (χ3v) is 8.63. The molecule has 0 aromatic carbocycles. The van der Waals surface area contributed by atoms with Gasteiger partial charge in [-0.1, -0.05) is 12.8 Å². The van der Waals surface area contributed by atoms with Gasteiger partial charge >= 0.3 is 6.01 Å². The van der Waals surface area contributed by atoms with Crippen LogP contribution in [0.4, 0.5) is 0 Å². The van der Waals surface area contributed by atoms with Crippen LogP contribution in [0.5, 0.6) is 6.01 Å². The highest BCUT2D eigenvalue weighted by Gasteiger charge is 2.61. The molecule has 0 N–H and O–H groups in total. The van der Waals surface area contributed by atoms with E-state index in [-0.39, 0.29) is 11.7 Å².